The van der Waals surface area contributed by atoms with Gasteiger partial charge in [-0.3, -0.25) is 0 Å². The third-order valence-corrected chi connectivity index (χ3v) is 2.89. The lowest BCUT2D eigenvalue weighted by Crippen LogP contribution is -2.43. The van der Waals surface area contributed by atoms with Crippen LogP contribution in [0.25, 0.3) is 0 Å². The number of aryl methyl sites for hydroxylation is 1. The molecule has 1 aromatic carbocycles. The molecule has 2 N–H and O–H groups in total. The largest absolute Gasteiger partial charge is 0.467 e. The second kappa shape index (κ2) is 3.31. The molecule has 1 unspecified atom stereocenters. The predicted octanol–water partition coefficient (Wildman–Crippen LogP) is 1.10. The molecule has 0 amide bonds. The first-order valence-corrected chi connectivity index (χ1v) is 4.74. The Balaban J connectivity index is 2.48. The second-order valence-electron chi connectivity index (χ2n) is 3.76. The normalized spacial score (nSPS) is 23.7. The Morgan fingerprint density at radius 2 is 2.33 bits per heavy atom. The second-order valence-corrected chi connectivity index (χ2v) is 3.76. The summed E-state index contributed by atoms with van der Waals surface area (Å²) >= 11 is 0. The van der Waals surface area contributed by atoms with Crippen molar-refractivity contribution in [2.75, 3.05) is 7.11 Å². The van der Waals surface area contributed by atoms with Crippen LogP contribution < -0.4 is 5.73 Å². The predicted molar refractivity (Wildman–Crippen MR) is 52.6 cm³/mol. The summed E-state index contributed by atoms with van der Waals surface area (Å²) in [5.74, 6) is -0.768. The van der Waals surface area contributed by atoms with Crippen molar-refractivity contribution in [3.63, 3.8) is 0 Å². The standard InChI is InChI=1S/C11H12FNO2/c1-15-10(14)11(13)5-4-7-6-8(12)2-3-9(7)11/h2-3,6H,4-5,13H2,1H3. The van der Waals surface area contributed by atoms with E-state index in [1.54, 1.807) is 6.07 Å². The molecule has 0 fully saturated rings. The van der Waals surface area contributed by atoms with E-state index in [-0.39, 0.29) is 5.82 Å². The van der Waals surface area contributed by atoms with Crippen molar-refractivity contribution in [2.24, 2.45) is 5.73 Å². The lowest BCUT2D eigenvalue weighted by atomic mass is 9.93. The highest BCUT2D eigenvalue weighted by Crippen LogP contribution is 2.35. The van der Waals surface area contributed by atoms with Gasteiger partial charge in [0.15, 0.2) is 0 Å². The van der Waals surface area contributed by atoms with Gasteiger partial charge in [-0.1, -0.05) is 6.07 Å². The average Bonchev–Trinajstić information content (AvgIpc) is 2.56. The highest BCUT2D eigenvalue weighted by atomic mass is 19.1. The number of hydrogen-bond donors (Lipinski definition) is 1. The molecule has 0 radical (unpaired) electrons. The number of esters is 1. The highest BCUT2D eigenvalue weighted by Gasteiger charge is 2.42. The molecule has 80 valence electrons. The van der Waals surface area contributed by atoms with Crippen LogP contribution in [-0.4, -0.2) is 13.1 Å². The van der Waals surface area contributed by atoms with E-state index in [0.717, 1.165) is 5.56 Å². The Hall–Kier alpha value is -1.42. The summed E-state index contributed by atoms with van der Waals surface area (Å²) in [6.45, 7) is 0. The van der Waals surface area contributed by atoms with E-state index in [4.69, 9.17) is 5.73 Å². The summed E-state index contributed by atoms with van der Waals surface area (Å²) in [6.07, 6.45) is 1.08. The maximum absolute atomic E-state index is 12.9. The molecule has 4 heteroatoms. The third-order valence-electron chi connectivity index (χ3n) is 2.89. The molecule has 15 heavy (non-hydrogen) atoms. The van der Waals surface area contributed by atoms with E-state index < -0.39 is 11.5 Å². The van der Waals surface area contributed by atoms with Crippen molar-refractivity contribution in [1.82, 2.24) is 0 Å². The van der Waals surface area contributed by atoms with Crippen LogP contribution in [0.2, 0.25) is 0 Å². The van der Waals surface area contributed by atoms with Crippen molar-refractivity contribution in [2.45, 2.75) is 18.4 Å². The molecular formula is C11H12FNO2. The fourth-order valence-electron chi connectivity index (χ4n) is 2.06. The number of fused-ring (bicyclic) bond motifs is 1. The lowest BCUT2D eigenvalue weighted by Gasteiger charge is -2.21. The van der Waals surface area contributed by atoms with Crippen LogP contribution >= 0.6 is 0 Å². The molecule has 0 spiro atoms. The maximum atomic E-state index is 12.9. The Morgan fingerprint density at radius 3 is 3.00 bits per heavy atom. The summed E-state index contributed by atoms with van der Waals surface area (Å²) in [6, 6.07) is 4.30. The SMILES string of the molecule is COC(=O)C1(N)CCc2cc(F)ccc21. The molecule has 3 nitrogen and oxygen atoms in total. The van der Waals surface area contributed by atoms with Crippen molar-refractivity contribution in [3.05, 3.63) is 35.1 Å². The number of halogens is 1. The van der Waals surface area contributed by atoms with Gasteiger partial charge in [0.25, 0.3) is 0 Å². The van der Waals surface area contributed by atoms with Gasteiger partial charge >= 0.3 is 5.97 Å². The van der Waals surface area contributed by atoms with Gasteiger partial charge in [-0.15, -0.1) is 0 Å². The Bertz CT molecular complexity index is 419. The topological polar surface area (TPSA) is 52.3 Å². The summed E-state index contributed by atoms with van der Waals surface area (Å²) in [7, 11) is 1.30. The number of carbonyl (C=O) groups excluding carboxylic acids is 1. The smallest absolute Gasteiger partial charge is 0.330 e. The molecule has 0 saturated carbocycles. The monoisotopic (exact) mass is 209 g/mol. The summed E-state index contributed by atoms with van der Waals surface area (Å²) in [4.78, 5) is 11.5. The van der Waals surface area contributed by atoms with E-state index in [1.807, 2.05) is 0 Å². The number of nitrogens with two attached hydrogens (primary N) is 1. The van der Waals surface area contributed by atoms with Gasteiger partial charge in [0.2, 0.25) is 0 Å². The summed E-state index contributed by atoms with van der Waals surface area (Å²) in [5, 5.41) is 0. The molecule has 0 heterocycles. The van der Waals surface area contributed by atoms with Crippen LogP contribution in [0.4, 0.5) is 4.39 Å². The molecule has 0 saturated heterocycles. The minimum Gasteiger partial charge on any atom is -0.467 e. The maximum Gasteiger partial charge on any atom is 0.330 e. The van der Waals surface area contributed by atoms with E-state index in [9.17, 15) is 9.18 Å². The lowest BCUT2D eigenvalue weighted by molar-refractivity contribution is -0.147. The molecule has 2 rings (SSSR count). The zero-order valence-electron chi connectivity index (χ0n) is 8.42. The minimum absolute atomic E-state index is 0.303. The molecule has 0 aromatic heterocycles. The Morgan fingerprint density at radius 1 is 1.60 bits per heavy atom. The van der Waals surface area contributed by atoms with E-state index in [2.05, 4.69) is 4.74 Å². The van der Waals surface area contributed by atoms with E-state index in [1.165, 1.54) is 19.2 Å². The summed E-state index contributed by atoms with van der Waals surface area (Å²) in [5.41, 5.74) is 6.35. The number of hydrogen-bond acceptors (Lipinski definition) is 3. The fourth-order valence-corrected chi connectivity index (χ4v) is 2.06. The third kappa shape index (κ3) is 1.41. The van der Waals surface area contributed by atoms with Gasteiger partial charge in [-0.2, -0.15) is 0 Å². The van der Waals surface area contributed by atoms with Gasteiger partial charge in [-0.25, -0.2) is 9.18 Å². The van der Waals surface area contributed by atoms with Crippen LogP contribution in [0.15, 0.2) is 18.2 Å². The zero-order valence-corrected chi connectivity index (χ0v) is 8.42. The molecule has 1 atom stereocenters. The number of methoxy groups -OCH3 is 1. The molecule has 1 aromatic rings. The van der Waals surface area contributed by atoms with E-state index in [0.29, 0.717) is 18.4 Å². The first-order chi connectivity index (χ1) is 7.08. The van der Waals surface area contributed by atoms with Gasteiger partial charge in [0.05, 0.1) is 7.11 Å². The minimum atomic E-state index is -1.10. The Labute approximate surface area is 87.0 Å². The van der Waals surface area contributed by atoms with Gasteiger partial charge in [-0.05, 0) is 36.1 Å². The van der Waals surface area contributed by atoms with Crippen LogP contribution in [-0.2, 0) is 21.5 Å². The van der Waals surface area contributed by atoms with Crippen molar-refractivity contribution >= 4 is 5.97 Å². The van der Waals surface area contributed by atoms with Crippen molar-refractivity contribution < 1.29 is 13.9 Å². The van der Waals surface area contributed by atoms with Gasteiger partial charge < -0.3 is 10.5 Å². The Kier molecular flexibility index (Phi) is 2.23. The highest BCUT2D eigenvalue weighted by molar-refractivity contribution is 5.83. The van der Waals surface area contributed by atoms with Gasteiger partial charge in [0.1, 0.15) is 11.4 Å². The number of rotatable bonds is 1. The van der Waals surface area contributed by atoms with E-state index >= 15 is 0 Å². The zero-order chi connectivity index (χ0) is 11.1. The van der Waals surface area contributed by atoms with Crippen LogP contribution in [0, 0.1) is 5.82 Å². The molecular weight excluding hydrogens is 197 g/mol. The van der Waals surface area contributed by atoms with Crippen molar-refractivity contribution in [1.29, 1.82) is 0 Å². The number of ether oxygens (including phenoxy) is 1. The van der Waals surface area contributed by atoms with Gasteiger partial charge in [0, 0.05) is 0 Å². The van der Waals surface area contributed by atoms with Crippen LogP contribution in [0.1, 0.15) is 17.5 Å². The van der Waals surface area contributed by atoms with Crippen LogP contribution in [0.5, 0.6) is 0 Å². The molecule has 1 aliphatic rings. The first kappa shape index (κ1) is 10.1. The number of carbonyl (C=O) groups is 1. The fraction of sp³-hybridized carbons (Fsp3) is 0.364. The number of benzene rings is 1. The quantitative estimate of drug-likeness (QED) is 0.704. The molecule has 0 bridgehead atoms. The first-order valence-electron chi connectivity index (χ1n) is 4.74. The summed E-state index contributed by atoms with van der Waals surface area (Å²) < 4.78 is 17.6. The average molecular weight is 209 g/mol. The molecule has 1 aliphatic carbocycles. The van der Waals surface area contributed by atoms with Crippen LogP contribution in [0.3, 0.4) is 0 Å². The molecule has 0 aliphatic heterocycles. The van der Waals surface area contributed by atoms with Crippen molar-refractivity contribution in [3.8, 4) is 0 Å².